The van der Waals surface area contributed by atoms with Crippen LogP contribution in [-0.4, -0.2) is 36.2 Å². The van der Waals surface area contributed by atoms with Crippen molar-refractivity contribution in [3.05, 3.63) is 0 Å². The second-order valence-corrected chi connectivity index (χ2v) is 4.67. The molecule has 0 saturated carbocycles. The normalized spacial score (nSPS) is 14.9. The fraction of sp³-hybridized carbons (Fsp3) is 0.917. The van der Waals surface area contributed by atoms with Crippen molar-refractivity contribution in [1.82, 2.24) is 10.6 Å². The lowest BCUT2D eigenvalue weighted by Gasteiger charge is -2.16. The Kier molecular flexibility index (Phi) is 8.21. The molecule has 0 spiro atoms. The predicted octanol–water partition coefficient (Wildman–Crippen LogP) is 0.898. The number of carbonyl (C=O) groups excluding carboxylic acids is 1. The van der Waals surface area contributed by atoms with Crippen molar-refractivity contribution in [2.24, 2.45) is 5.92 Å². The number of nitrogens with one attached hydrogen (secondary N) is 2. The van der Waals surface area contributed by atoms with Crippen molar-refractivity contribution in [2.45, 2.75) is 52.7 Å². The summed E-state index contributed by atoms with van der Waals surface area (Å²) in [5.41, 5.74) is 0. The summed E-state index contributed by atoms with van der Waals surface area (Å²) in [5, 5.41) is 15.3. The van der Waals surface area contributed by atoms with Gasteiger partial charge in [0.15, 0.2) is 0 Å². The van der Waals surface area contributed by atoms with E-state index in [0.717, 1.165) is 6.42 Å². The fourth-order valence-electron chi connectivity index (χ4n) is 1.22. The molecule has 0 aromatic rings. The number of carbonyl (C=O) groups is 1. The van der Waals surface area contributed by atoms with Crippen molar-refractivity contribution < 1.29 is 9.90 Å². The average Bonchev–Trinajstić information content (AvgIpc) is 2.25. The first-order valence-electron chi connectivity index (χ1n) is 6.16. The number of hydrogen-bond acceptors (Lipinski definition) is 3. The van der Waals surface area contributed by atoms with Gasteiger partial charge in [0.05, 0.1) is 12.1 Å². The van der Waals surface area contributed by atoms with Gasteiger partial charge in [0.1, 0.15) is 0 Å². The van der Waals surface area contributed by atoms with Gasteiger partial charge in [0, 0.05) is 6.54 Å². The molecule has 3 N–H and O–H groups in total. The molecule has 1 amide bonds. The monoisotopic (exact) mass is 230 g/mol. The Balaban J connectivity index is 3.63. The summed E-state index contributed by atoms with van der Waals surface area (Å²) >= 11 is 0. The Morgan fingerprint density at radius 3 is 2.44 bits per heavy atom. The molecule has 0 radical (unpaired) electrons. The smallest absolute Gasteiger partial charge is 0.236 e. The van der Waals surface area contributed by atoms with Crippen LogP contribution >= 0.6 is 0 Å². The zero-order chi connectivity index (χ0) is 12.6. The van der Waals surface area contributed by atoms with Crippen LogP contribution < -0.4 is 10.6 Å². The van der Waals surface area contributed by atoms with E-state index in [0.29, 0.717) is 25.4 Å². The van der Waals surface area contributed by atoms with Gasteiger partial charge >= 0.3 is 0 Å². The molecule has 0 heterocycles. The zero-order valence-corrected chi connectivity index (χ0v) is 10.9. The highest BCUT2D eigenvalue weighted by atomic mass is 16.3. The van der Waals surface area contributed by atoms with Gasteiger partial charge in [-0.2, -0.15) is 0 Å². The molecule has 16 heavy (non-hydrogen) atoms. The van der Waals surface area contributed by atoms with Crippen molar-refractivity contribution in [3.8, 4) is 0 Å². The molecule has 0 rings (SSSR count). The molecule has 0 aliphatic heterocycles. The topological polar surface area (TPSA) is 61.4 Å². The molecule has 4 heteroatoms. The largest absolute Gasteiger partial charge is 0.393 e. The van der Waals surface area contributed by atoms with E-state index >= 15 is 0 Å². The lowest BCUT2D eigenvalue weighted by Crippen LogP contribution is -2.44. The van der Waals surface area contributed by atoms with Gasteiger partial charge in [-0.1, -0.05) is 20.8 Å². The van der Waals surface area contributed by atoms with Crippen molar-refractivity contribution in [3.63, 3.8) is 0 Å². The summed E-state index contributed by atoms with van der Waals surface area (Å²) in [5.74, 6) is 0.498. The number of amides is 1. The van der Waals surface area contributed by atoms with Gasteiger partial charge in [-0.15, -0.1) is 0 Å². The Morgan fingerprint density at radius 1 is 1.31 bits per heavy atom. The first-order valence-corrected chi connectivity index (χ1v) is 6.16. The highest BCUT2D eigenvalue weighted by molar-refractivity contribution is 5.81. The Morgan fingerprint density at radius 2 is 1.94 bits per heavy atom. The van der Waals surface area contributed by atoms with E-state index < -0.39 is 0 Å². The number of rotatable bonds is 8. The van der Waals surface area contributed by atoms with Gasteiger partial charge in [-0.05, 0) is 32.2 Å². The zero-order valence-electron chi connectivity index (χ0n) is 10.9. The second kappa shape index (κ2) is 8.53. The van der Waals surface area contributed by atoms with E-state index in [1.54, 1.807) is 0 Å². The van der Waals surface area contributed by atoms with Crippen LogP contribution in [0.5, 0.6) is 0 Å². The maximum atomic E-state index is 11.6. The molecule has 0 saturated heterocycles. The van der Waals surface area contributed by atoms with Crippen molar-refractivity contribution in [1.29, 1.82) is 0 Å². The molecule has 0 aromatic heterocycles. The van der Waals surface area contributed by atoms with Gasteiger partial charge < -0.3 is 15.7 Å². The van der Waals surface area contributed by atoms with Gasteiger partial charge in [0.25, 0.3) is 0 Å². The molecule has 96 valence electrons. The summed E-state index contributed by atoms with van der Waals surface area (Å²) in [7, 11) is 0. The van der Waals surface area contributed by atoms with Gasteiger partial charge in [-0.25, -0.2) is 0 Å². The molecule has 0 aliphatic rings. The van der Waals surface area contributed by atoms with Crippen LogP contribution in [0.15, 0.2) is 0 Å². The molecule has 0 fully saturated rings. The number of aliphatic hydroxyl groups is 1. The lowest BCUT2D eigenvalue weighted by atomic mass is 10.2. The molecule has 0 aromatic carbocycles. The van der Waals surface area contributed by atoms with E-state index in [1.165, 1.54) is 0 Å². The van der Waals surface area contributed by atoms with Crippen LogP contribution in [0.1, 0.15) is 40.5 Å². The minimum atomic E-state index is -0.265. The minimum absolute atomic E-state index is 0.0275. The SMILES string of the molecule is CCC(O)CCNC(C)C(=O)NCC(C)C. The van der Waals surface area contributed by atoms with E-state index in [9.17, 15) is 9.90 Å². The Bertz CT molecular complexity index is 195. The average molecular weight is 230 g/mol. The molecular weight excluding hydrogens is 204 g/mol. The van der Waals surface area contributed by atoms with Crippen molar-refractivity contribution in [2.75, 3.05) is 13.1 Å². The molecular formula is C12H26N2O2. The molecule has 2 unspecified atom stereocenters. The van der Waals surface area contributed by atoms with Crippen LogP contribution in [0.2, 0.25) is 0 Å². The van der Waals surface area contributed by atoms with Crippen LogP contribution in [0.4, 0.5) is 0 Å². The lowest BCUT2D eigenvalue weighted by molar-refractivity contribution is -0.122. The highest BCUT2D eigenvalue weighted by Crippen LogP contribution is 1.95. The highest BCUT2D eigenvalue weighted by Gasteiger charge is 2.12. The molecule has 0 bridgehead atoms. The van der Waals surface area contributed by atoms with Crippen LogP contribution in [-0.2, 0) is 4.79 Å². The standard InChI is InChI=1S/C12H26N2O2/c1-5-11(15)6-7-13-10(4)12(16)14-8-9(2)3/h9-11,13,15H,5-8H2,1-4H3,(H,14,16). The second-order valence-electron chi connectivity index (χ2n) is 4.67. The van der Waals surface area contributed by atoms with E-state index in [4.69, 9.17) is 0 Å². The summed E-state index contributed by atoms with van der Waals surface area (Å²) in [4.78, 5) is 11.6. The quantitative estimate of drug-likeness (QED) is 0.580. The maximum absolute atomic E-state index is 11.6. The third-order valence-electron chi connectivity index (χ3n) is 2.48. The Labute approximate surface area is 98.8 Å². The van der Waals surface area contributed by atoms with Crippen molar-refractivity contribution >= 4 is 5.91 Å². The summed E-state index contributed by atoms with van der Waals surface area (Å²) in [6, 6.07) is -0.192. The predicted molar refractivity (Wildman–Crippen MR) is 66.2 cm³/mol. The first-order chi connectivity index (χ1) is 7.47. The Hall–Kier alpha value is -0.610. The van der Waals surface area contributed by atoms with Crippen LogP contribution in [0.3, 0.4) is 0 Å². The summed E-state index contributed by atoms with van der Waals surface area (Å²) in [6.07, 6.45) is 1.19. The third-order valence-corrected chi connectivity index (χ3v) is 2.48. The van der Waals surface area contributed by atoms with Crippen LogP contribution in [0.25, 0.3) is 0 Å². The van der Waals surface area contributed by atoms with Gasteiger partial charge in [-0.3, -0.25) is 4.79 Å². The maximum Gasteiger partial charge on any atom is 0.236 e. The molecule has 2 atom stereocenters. The first kappa shape index (κ1) is 15.4. The van der Waals surface area contributed by atoms with E-state index in [2.05, 4.69) is 24.5 Å². The number of hydrogen-bond donors (Lipinski definition) is 3. The summed E-state index contributed by atoms with van der Waals surface area (Å²) < 4.78 is 0. The number of aliphatic hydroxyl groups excluding tert-OH is 1. The molecule has 4 nitrogen and oxygen atoms in total. The third kappa shape index (κ3) is 7.65. The summed E-state index contributed by atoms with van der Waals surface area (Å²) in [6.45, 7) is 9.30. The van der Waals surface area contributed by atoms with E-state index in [1.807, 2.05) is 13.8 Å². The molecule has 0 aliphatic carbocycles. The van der Waals surface area contributed by atoms with Gasteiger partial charge in [0.2, 0.25) is 5.91 Å². The fourth-order valence-corrected chi connectivity index (χ4v) is 1.22. The van der Waals surface area contributed by atoms with E-state index in [-0.39, 0.29) is 18.1 Å². The van der Waals surface area contributed by atoms with Crippen LogP contribution in [0, 0.1) is 5.92 Å². The minimum Gasteiger partial charge on any atom is -0.393 e.